The second-order valence-electron chi connectivity index (χ2n) is 5.97. The van der Waals surface area contributed by atoms with Crippen LogP contribution in [0.4, 0.5) is 0 Å². The lowest BCUT2D eigenvalue weighted by Crippen LogP contribution is -2.36. The van der Waals surface area contributed by atoms with Crippen LogP contribution >= 0.6 is 11.8 Å². The van der Waals surface area contributed by atoms with Crippen molar-refractivity contribution in [2.24, 2.45) is 0 Å². The molecular formula is C16H24N2O2S. The van der Waals surface area contributed by atoms with Crippen LogP contribution < -0.4 is 10.6 Å². The van der Waals surface area contributed by atoms with Crippen molar-refractivity contribution in [3.05, 3.63) is 29.3 Å². The minimum atomic E-state index is -0.195. The van der Waals surface area contributed by atoms with Gasteiger partial charge in [-0.25, -0.2) is 0 Å². The van der Waals surface area contributed by atoms with E-state index in [1.807, 2.05) is 6.92 Å². The molecule has 0 heterocycles. The fourth-order valence-corrected chi connectivity index (χ4v) is 2.58. The molecule has 1 rings (SSSR count). The summed E-state index contributed by atoms with van der Waals surface area (Å²) in [5.41, 5.74) is 2.50. The van der Waals surface area contributed by atoms with Crippen molar-refractivity contribution in [2.75, 3.05) is 19.3 Å². The molecule has 0 radical (unpaired) electrons. The second-order valence-corrected chi connectivity index (χ2v) is 6.99. The number of carbonyl (C=O) groups is 2. The van der Waals surface area contributed by atoms with Gasteiger partial charge in [0.1, 0.15) is 0 Å². The van der Waals surface area contributed by atoms with Crippen LogP contribution in [0, 0.1) is 6.92 Å². The Bertz CT molecular complexity index is 521. The van der Waals surface area contributed by atoms with E-state index in [2.05, 4.69) is 49.6 Å². The SMILES string of the molecule is CNC(=O)CNC(=O)CSc1cc(C(C)(C)C)ccc1C. The summed E-state index contributed by atoms with van der Waals surface area (Å²) in [6.45, 7) is 8.57. The van der Waals surface area contributed by atoms with E-state index in [1.165, 1.54) is 17.3 Å². The highest BCUT2D eigenvalue weighted by Crippen LogP contribution is 2.29. The molecular weight excluding hydrogens is 284 g/mol. The minimum absolute atomic E-state index is 0.0247. The Labute approximate surface area is 131 Å². The fraction of sp³-hybridized carbons (Fsp3) is 0.500. The maximum Gasteiger partial charge on any atom is 0.239 e. The van der Waals surface area contributed by atoms with Gasteiger partial charge in [-0.15, -0.1) is 11.8 Å². The summed E-state index contributed by atoms with van der Waals surface area (Å²) in [5.74, 6) is -0.0192. The van der Waals surface area contributed by atoms with Crippen LogP contribution in [0.3, 0.4) is 0 Å². The predicted octanol–water partition coefficient (Wildman–Crippen LogP) is 2.25. The van der Waals surface area contributed by atoms with Crippen LogP contribution in [0.5, 0.6) is 0 Å². The van der Waals surface area contributed by atoms with Crippen LogP contribution in [0.2, 0.25) is 0 Å². The average Bonchev–Trinajstić information content (AvgIpc) is 2.42. The Morgan fingerprint density at radius 1 is 1.19 bits per heavy atom. The molecule has 21 heavy (non-hydrogen) atoms. The first-order chi connectivity index (χ1) is 9.74. The highest BCUT2D eigenvalue weighted by Gasteiger charge is 2.15. The third-order valence-corrected chi connectivity index (χ3v) is 4.30. The minimum Gasteiger partial charge on any atom is -0.358 e. The van der Waals surface area contributed by atoms with Gasteiger partial charge in [-0.05, 0) is 29.5 Å². The molecule has 0 aliphatic rings. The van der Waals surface area contributed by atoms with E-state index in [9.17, 15) is 9.59 Å². The number of thioether (sulfide) groups is 1. The van der Waals surface area contributed by atoms with Gasteiger partial charge in [-0.1, -0.05) is 32.9 Å². The van der Waals surface area contributed by atoms with Gasteiger partial charge in [0.05, 0.1) is 12.3 Å². The van der Waals surface area contributed by atoms with E-state index in [1.54, 1.807) is 7.05 Å². The van der Waals surface area contributed by atoms with Crippen molar-refractivity contribution in [3.8, 4) is 0 Å². The van der Waals surface area contributed by atoms with Gasteiger partial charge < -0.3 is 10.6 Å². The Hall–Kier alpha value is -1.49. The summed E-state index contributed by atoms with van der Waals surface area (Å²) >= 11 is 1.50. The molecule has 0 spiro atoms. The Kier molecular flexibility index (Phi) is 6.27. The average molecular weight is 308 g/mol. The summed E-state index contributed by atoms with van der Waals surface area (Å²) in [6.07, 6.45) is 0. The molecule has 0 aromatic heterocycles. The van der Waals surface area contributed by atoms with Crippen molar-refractivity contribution in [3.63, 3.8) is 0 Å². The number of aryl methyl sites for hydroxylation is 1. The summed E-state index contributed by atoms with van der Waals surface area (Å²) in [4.78, 5) is 23.9. The molecule has 2 amide bonds. The summed E-state index contributed by atoms with van der Waals surface area (Å²) < 4.78 is 0. The molecule has 0 saturated heterocycles. The smallest absolute Gasteiger partial charge is 0.239 e. The monoisotopic (exact) mass is 308 g/mol. The molecule has 1 aromatic carbocycles. The van der Waals surface area contributed by atoms with E-state index in [4.69, 9.17) is 0 Å². The zero-order valence-electron chi connectivity index (χ0n) is 13.4. The van der Waals surface area contributed by atoms with Gasteiger partial charge in [0, 0.05) is 11.9 Å². The lowest BCUT2D eigenvalue weighted by Gasteiger charge is -2.20. The molecule has 116 valence electrons. The van der Waals surface area contributed by atoms with E-state index in [0.29, 0.717) is 5.75 Å². The standard InChI is InChI=1S/C16H24N2O2S/c1-11-6-7-12(16(2,3)4)8-13(11)21-10-15(20)18-9-14(19)17-5/h6-8H,9-10H2,1-5H3,(H,17,19)(H,18,20). The summed E-state index contributed by atoms with van der Waals surface area (Å²) in [6, 6.07) is 6.36. The topological polar surface area (TPSA) is 58.2 Å². The molecule has 2 N–H and O–H groups in total. The Morgan fingerprint density at radius 3 is 2.43 bits per heavy atom. The summed E-state index contributed by atoms with van der Waals surface area (Å²) in [7, 11) is 1.55. The first-order valence-electron chi connectivity index (χ1n) is 6.95. The van der Waals surface area contributed by atoms with E-state index in [0.717, 1.165) is 10.5 Å². The van der Waals surface area contributed by atoms with Crippen molar-refractivity contribution < 1.29 is 9.59 Å². The zero-order chi connectivity index (χ0) is 16.0. The maximum absolute atomic E-state index is 11.7. The number of carbonyl (C=O) groups excluding carboxylic acids is 2. The Morgan fingerprint density at radius 2 is 1.86 bits per heavy atom. The second kappa shape index (κ2) is 7.50. The largest absolute Gasteiger partial charge is 0.358 e. The first-order valence-corrected chi connectivity index (χ1v) is 7.94. The van der Waals surface area contributed by atoms with Crippen molar-refractivity contribution in [2.45, 2.75) is 38.0 Å². The predicted molar refractivity (Wildman–Crippen MR) is 87.7 cm³/mol. The number of benzene rings is 1. The fourth-order valence-electron chi connectivity index (χ4n) is 1.68. The molecule has 4 nitrogen and oxygen atoms in total. The number of likely N-dealkylation sites (N-methyl/N-ethyl adjacent to an activating group) is 1. The van der Waals surface area contributed by atoms with Crippen molar-refractivity contribution in [1.29, 1.82) is 0 Å². The number of hydrogen-bond donors (Lipinski definition) is 2. The summed E-state index contributed by atoms with van der Waals surface area (Å²) in [5, 5.41) is 5.06. The van der Waals surface area contributed by atoms with Crippen molar-refractivity contribution >= 4 is 23.6 Å². The van der Waals surface area contributed by atoms with Gasteiger partial charge in [0.2, 0.25) is 11.8 Å². The highest BCUT2D eigenvalue weighted by molar-refractivity contribution is 8.00. The van der Waals surface area contributed by atoms with Crippen LogP contribution in [0.1, 0.15) is 31.9 Å². The lowest BCUT2D eigenvalue weighted by atomic mass is 9.87. The molecule has 0 unspecified atom stereocenters. The van der Waals surface area contributed by atoms with Gasteiger partial charge in [0.25, 0.3) is 0 Å². The van der Waals surface area contributed by atoms with Gasteiger partial charge in [0.15, 0.2) is 0 Å². The van der Waals surface area contributed by atoms with Gasteiger partial charge in [-0.3, -0.25) is 9.59 Å². The first kappa shape index (κ1) is 17.6. The number of nitrogens with one attached hydrogen (secondary N) is 2. The zero-order valence-corrected chi connectivity index (χ0v) is 14.2. The van der Waals surface area contributed by atoms with E-state index >= 15 is 0 Å². The lowest BCUT2D eigenvalue weighted by molar-refractivity contribution is -0.124. The normalized spacial score (nSPS) is 11.1. The number of amides is 2. The highest BCUT2D eigenvalue weighted by atomic mass is 32.2. The molecule has 0 bridgehead atoms. The molecule has 0 aliphatic heterocycles. The van der Waals surface area contributed by atoms with Crippen LogP contribution in [0.25, 0.3) is 0 Å². The van der Waals surface area contributed by atoms with E-state index < -0.39 is 0 Å². The van der Waals surface area contributed by atoms with Crippen molar-refractivity contribution in [1.82, 2.24) is 10.6 Å². The molecule has 0 aliphatic carbocycles. The number of rotatable bonds is 5. The van der Waals surface area contributed by atoms with Crippen LogP contribution in [-0.2, 0) is 15.0 Å². The number of hydrogen-bond acceptors (Lipinski definition) is 3. The molecule has 1 aromatic rings. The quantitative estimate of drug-likeness (QED) is 0.820. The molecule has 5 heteroatoms. The van der Waals surface area contributed by atoms with E-state index in [-0.39, 0.29) is 23.8 Å². The molecule has 0 atom stereocenters. The Balaban J connectivity index is 2.63. The molecule has 0 saturated carbocycles. The van der Waals surface area contributed by atoms with Gasteiger partial charge in [-0.2, -0.15) is 0 Å². The van der Waals surface area contributed by atoms with Crippen LogP contribution in [-0.4, -0.2) is 31.2 Å². The third-order valence-electron chi connectivity index (χ3n) is 3.14. The maximum atomic E-state index is 11.7. The molecule has 0 fully saturated rings. The van der Waals surface area contributed by atoms with Crippen LogP contribution in [0.15, 0.2) is 23.1 Å². The third kappa shape index (κ3) is 5.79. The van der Waals surface area contributed by atoms with Gasteiger partial charge >= 0.3 is 0 Å².